The van der Waals surface area contributed by atoms with Gasteiger partial charge in [-0.1, -0.05) is 0 Å². The molecule has 4 nitrogen and oxygen atoms in total. The summed E-state index contributed by atoms with van der Waals surface area (Å²) < 4.78 is 80.6. The van der Waals surface area contributed by atoms with Gasteiger partial charge in [0, 0.05) is 0 Å². The third-order valence-corrected chi connectivity index (χ3v) is 2.46. The van der Waals surface area contributed by atoms with Crippen molar-refractivity contribution in [3.63, 3.8) is 0 Å². The first kappa shape index (κ1) is 14.7. The van der Waals surface area contributed by atoms with Crippen LogP contribution in [-0.4, -0.2) is 39.9 Å². The number of halogens is 6. The van der Waals surface area contributed by atoms with Crippen LogP contribution in [0.5, 0.6) is 0 Å². The molecule has 0 saturated heterocycles. The van der Waals surface area contributed by atoms with E-state index in [1.807, 2.05) is 0 Å². The second kappa shape index (κ2) is 3.93. The molecule has 0 atom stereocenters. The highest BCUT2D eigenvalue weighted by molar-refractivity contribution is 7.49. The Bertz CT molecular complexity index is 255. The smallest absolute Gasteiger partial charge is 0.312 e. The van der Waals surface area contributed by atoms with E-state index < -0.39 is 30.8 Å². The Labute approximate surface area is 79.7 Å². The summed E-state index contributed by atoms with van der Waals surface area (Å²) in [5, 5.41) is 0. The largest absolute Gasteiger partial charge is 0.413 e. The normalized spacial score (nSPS) is 15.1. The maximum atomic E-state index is 11.9. The molecule has 0 aromatic rings. The fourth-order valence-corrected chi connectivity index (χ4v) is 1.32. The lowest BCUT2D eigenvalue weighted by atomic mass is 10.3. The minimum absolute atomic E-state index is 0.0480. The molecular formula is C4H6F6NO3P. The maximum absolute atomic E-state index is 11.9. The van der Waals surface area contributed by atoms with Crippen LogP contribution in [0.15, 0.2) is 0 Å². The molecule has 11 heteroatoms. The van der Waals surface area contributed by atoms with Gasteiger partial charge >= 0.3 is 20.1 Å². The molecule has 0 unspecified atom stereocenters. The molecule has 0 radical (unpaired) electrons. The van der Waals surface area contributed by atoms with Crippen LogP contribution in [0.3, 0.4) is 0 Å². The van der Waals surface area contributed by atoms with E-state index in [1.165, 1.54) is 0 Å². The van der Waals surface area contributed by atoms with Crippen LogP contribution < -0.4 is 0 Å². The predicted octanol–water partition coefficient (Wildman–Crippen LogP) is 1.50. The molecule has 0 aliphatic rings. The maximum Gasteiger partial charge on any atom is 0.413 e. The van der Waals surface area contributed by atoms with Gasteiger partial charge in [0.25, 0.3) is 0 Å². The average molecular weight is 261 g/mol. The van der Waals surface area contributed by atoms with Gasteiger partial charge in [0.1, 0.15) is 0 Å². The van der Waals surface area contributed by atoms with E-state index in [0.717, 1.165) is 0 Å². The van der Waals surface area contributed by atoms with Crippen LogP contribution >= 0.6 is 7.75 Å². The summed E-state index contributed by atoms with van der Waals surface area (Å²) >= 11 is 0. The highest BCUT2D eigenvalue weighted by Gasteiger charge is 2.61. The summed E-state index contributed by atoms with van der Waals surface area (Å²) in [5.41, 5.74) is 0. The van der Waals surface area contributed by atoms with Crippen LogP contribution in [0.25, 0.3) is 0 Å². The van der Waals surface area contributed by atoms with E-state index in [0.29, 0.717) is 0 Å². The first-order valence-electron chi connectivity index (χ1n) is 3.20. The van der Waals surface area contributed by atoms with Gasteiger partial charge in [0.2, 0.25) is 6.04 Å². The molecule has 0 saturated carbocycles. The molecule has 0 aliphatic carbocycles. The zero-order valence-corrected chi connectivity index (χ0v) is 7.94. The topological polar surface area (TPSA) is 60.8 Å². The van der Waals surface area contributed by atoms with E-state index in [-0.39, 0.29) is 7.05 Å². The number of rotatable bonds is 2. The van der Waals surface area contributed by atoms with Crippen molar-refractivity contribution in [3.8, 4) is 0 Å². The highest BCUT2D eigenvalue weighted by atomic mass is 31.2. The van der Waals surface area contributed by atoms with Gasteiger partial charge in [-0.05, 0) is 7.05 Å². The molecule has 0 heterocycles. The second-order valence-electron chi connectivity index (χ2n) is 2.57. The Morgan fingerprint density at radius 3 is 1.40 bits per heavy atom. The van der Waals surface area contributed by atoms with E-state index in [1.54, 1.807) is 0 Å². The summed E-state index contributed by atoms with van der Waals surface area (Å²) in [6, 6.07) is -4.19. The van der Waals surface area contributed by atoms with Crippen LogP contribution in [0, 0.1) is 0 Å². The number of hydrogen-bond acceptors (Lipinski definition) is 1. The van der Waals surface area contributed by atoms with Gasteiger partial charge in [0.15, 0.2) is 0 Å². The van der Waals surface area contributed by atoms with Crippen LogP contribution in [-0.2, 0) is 4.57 Å². The summed E-state index contributed by atoms with van der Waals surface area (Å²) in [7, 11) is -5.56. The average Bonchev–Trinajstić information content (AvgIpc) is 1.76. The predicted molar refractivity (Wildman–Crippen MR) is 35.7 cm³/mol. The van der Waals surface area contributed by atoms with Crippen molar-refractivity contribution in [2.45, 2.75) is 18.4 Å². The van der Waals surface area contributed by atoms with Crippen molar-refractivity contribution in [2.24, 2.45) is 0 Å². The minimum atomic E-state index is -5.81. The molecular weight excluding hydrogens is 255 g/mol. The molecule has 0 amide bonds. The van der Waals surface area contributed by atoms with Gasteiger partial charge < -0.3 is 9.79 Å². The lowest BCUT2D eigenvalue weighted by molar-refractivity contribution is -0.275. The van der Waals surface area contributed by atoms with E-state index in [2.05, 4.69) is 0 Å². The lowest BCUT2D eigenvalue weighted by Crippen LogP contribution is -2.51. The highest BCUT2D eigenvalue weighted by Crippen LogP contribution is 2.48. The van der Waals surface area contributed by atoms with Gasteiger partial charge in [-0.25, -0.2) is 4.57 Å². The fourth-order valence-electron chi connectivity index (χ4n) is 0.760. The van der Waals surface area contributed by atoms with E-state index in [4.69, 9.17) is 9.79 Å². The molecule has 92 valence electrons. The SMILES string of the molecule is CN(C(C(F)(F)F)C(F)(F)F)P(=O)(O)O. The molecule has 0 aromatic heterocycles. The minimum Gasteiger partial charge on any atom is -0.312 e. The monoisotopic (exact) mass is 261 g/mol. The fraction of sp³-hybridized carbons (Fsp3) is 1.00. The molecule has 0 aliphatic heterocycles. The number of alkyl halides is 6. The Morgan fingerprint density at radius 1 is 1.07 bits per heavy atom. The Morgan fingerprint density at radius 2 is 1.33 bits per heavy atom. The van der Waals surface area contributed by atoms with Crippen molar-refractivity contribution in [3.05, 3.63) is 0 Å². The third kappa shape index (κ3) is 3.98. The molecule has 0 rings (SSSR count). The van der Waals surface area contributed by atoms with Gasteiger partial charge in [0.05, 0.1) is 0 Å². The van der Waals surface area contributed by atoms with Crippen molar-refractivity contribution in [1.29, 1.82) is 0 Å². The summed E-state index contributed by atoms with van der Waals surface area (Å²) in [4.78, 5) is 16.4. The molecule has 15 heavy (non-hydrogen) atoms. The first-order chi connectivity index (χ1) is 6.28. The second-order valence-corrected chi connectivity index (χ2v) is 4.23. The summed E-state index contributed by atoms with van der Waals surface area (Å²) in [5.74, 6) is 0. The zero-order chi connectivity index (χ0) is 12.7. The van der Waals surface area contributed by atoms with Crippen molar-refractivity contribution < 1.29 is 40.7 Å². The van der Waals surface area contributed by atoms with Crippen molar-refractivity contribution >= 4 is 7.75 Å². The molecule has 2 N–H and O–H groups in total. The molecule has 0 aromatic carbocycles. The van der Waals surface area contributed by atoms with Crippen molar-refractivity contribution in [2.75, 3.05) is 7.05 Å². The Balaban J connectivity index is 5.25. The zero-order valence-electron chi connectivity index (χ0n) is 7.04. The third-order valence-electron chi connectivity index (χ3n) is 1.40. The lowest BCUT2D eigenvalue weighted by Gasteiger charge is -2.31. The van der Waals surface area contributed by atoms with E-state index >= 15 is 0 Å². The quantitative estimate of drug-likeness (QED) is 0.584. The van der Waals surface area contributed by atoms with Gasteiger partial charge in [-0.2, -0.15) is 31.0 Å². The van der Waals surface area contributed by atoms with Crippen molar-refractivity contribution in [1.82, 2.24) is 4.67 Å². The van der Waals surface area contributed by atoms with E-state index in [9.17, 15) is 30.9 Å². The van der Waals surface area contributed by atoms with Crippen LogP contribution in [0.4, 0.5) is 26.3 Å². The first-order valence-corrected chi connectivity index (χ1v) is 4.76. The summed E-state index contributed by atoms with van der Waals surface area (Å²) in [6.07, 6.45) is -11.6. The van der Waals surface area contributed by atoms with Crippen LogP contribution in [0.1, 0.15) is 0 Å². The van der Waals surface area contributed by atoms with Gasteiger partial charge in [-0.15, -0.1) is 0 Å². The molecule has 0 fully saturated rings. The standard InChI is InChI=1S/C4H6F6NO3P/c1-11(15(12,13)14)2(3(5,6)7)4(8,9)10/h2H,1H3,(H2,12,13,14). The van der Waals surface area contributed by atoms with Gasteiger partial charge in [-0.3, -0.25) is 0 Å². The molecule has 0 bridgehead atoms. The Hall–Kier alpha value is -0.310. The number of hydrogen-bond donors (Lipinski definition) is 2. The number of nitrogens with zero attached hydrogens (tertiary/aromatic N) is 1. The molecule has 0 spiro atoms. The van der Waals surface area contributed by atoms with Crippen LogP contribution in [0.2, 0.25) is 0 Å². The Kier molecular flexibility index (Phi) is 3.85. The summed E-state index contributed by atoms with van der Waals surface area (Å²) in [6.45, 7) is 0.